The van der Waals surface area contributed by atoms with E-state index in [0.717, 1.165) is 19.3 Å². The van der Waals surface area contributed by atoms with Crippen molar-refractivity contribution < 1.29 is 14.3 Å². The van der Waals surface area contributed by atoms with Crippen molar-refractivity contribution in [2.24, 2.45) is 5.92 Å². The molecule has 0 bridgehead atoms. The summed E-state index contributed by atoms with van der Waals surface area (Å²) < 4.78 is 11.9. The quantitative estimate of drug-likeness (QED) is 0.188. The fourth-order valence-electron chi connectivity index (χ4n) is 3.04. The van der Waals surface area contributed by atoms with Crippen LogP contribution in [0.5, 0.6) is 0 Å². The Hall–Kier alpha value is -0.700. The lowest BCUT2D eigenvalue weighted by atomic mass is 9.88. The van der Waals surface area contributed by atoms with Gasteiger partial charge in [-0.05, 0) is 33.6 Å². The molecule has 0 aromatic rings. The second-order valence-corrected chi connectivity index (χ2v) is 6.03. The highest BCUT2D eigenvalue weighted by Gasteiger charge is 2.34. The number of nitrogens with one attached hydrogen (secondary N) is 1. The molecule has 0 radical (unpaired) electrons. The molecular formula is C19H39NO3. The van der Waals surface area contributed by atoms with Gasteiger partial charge in [0.1, 0.15) is 0 Å². The third-order valence-electron chi connectivity index (χ3n) is 4.15. The van der Waals surface area contributed by atoms with Crippen molar-refractivity contribution in [2.45, 2.75) is 98.2 Å². The molecule has 0 aliphatic carbocycles. The predicted molar refractivity (Wildman–Crippen MR) is 96.5 cm³/mol. The van der Waals surface area contributed by atoms with E-state index in [-0.39, 0.29) is 5.79 Å². The normalized spacial score (nSPS) is 12.2. The molecule has 0 amide bonds. The summed E-state index contributed by atoms with van der Waals surface area (Å²) >= 11 is 0. The van der Waals surface area contributed by atoms with Gasteiger partial charge in [0.05, 0.1) is 0 Å². The lowest BCUT2D eigenvalue weighted by molar-refractivity contribution is -0.254. The first-order valence-corrected chi connectivity index (χ1v) is 9.37. The summed E-state index contributed by atoms with van der Waals surface area (Å²) in [6, 6.07) is 0. The first-order chi connectivity index (χ1) is 11.1. The van der Waals surface area contributed by atoms with Crippen molar-refractivity contribution in [1.29, 1.82) is 5.41 Å². The molecule has 23 heavy (non-hydrogen) atoms. The van der Waals surface area contributed by atoms with Crippen LogP contribution in [-0.2, 0) is 14.3 Å². The number of ether oxygens (including phenoxy) is 2. The van der Waals surface area contributed by atoms with Gasteiger partial charge in [0, 0.05) is 19.1 Å². The second kappa shape index (κ2) is 17.7. The highest BCUT2D eigenvalue weighted by Crippen LogP contribution is 2.32. The Bertz CT molecular complexity index is 270. The fourth-order valence-corrected chi connectivity index (χ4v) is 3.04. The van der Waals surface area contributed by atoms with E-state index in [2.05, 4.69) is 34.6 Å². The lowest BCUT2D eigenvalue weighted by Crippen LogP contribution is -2.41. The van der Waals surface area contributed by atoms with Gasteiger partial charge < -0.3 is 9.47 Å². The molecule has 1 unspecified atom stereocenters. The van der Waals surface area contributed by atoms with Crippen molar-refractivity contribution >= 4 is 6.08 Å². The number of rotatable bonds is 14. The summed E-state index contributed by atoms with van der Waals surface area (Å²) in [5.41, 5.74) is 0. The van der Waals surface area contributed by atoms with E-state index in [9.17, 15) is 0 Å². The highest BCUT2D eigenvalue weighted by molar-refractivity contribution is 5.26. The van der Waals surface area contributed by atoms with Crippen molar-refractivity contribution in [3.05, 3.63) is 0 Å². The van der Waals surface area contributed by atoms with Crippen LogP contribution in [0.25, 0.3) is 0 Å². The van der Waals surface area contributed by atoms with Gasteiger partial charge in [0.15, 0.2) is 5.79 Å². The molecule has 4 heteroatoms. The predicted octanol–water partition coefficient (Wildman–Crippen LogP) is 5.84. The summed E-state index contributed by atoms with van der Waals surface area (Å²) in [6.07, 6.45) is 12.5. The van der Waals surface area contributed by atoms with Gasteiger partial charge in [-0.25, -0.2) is 10.2 Å². The number of hydrogen-bond acceptors (Lipinski definition) is 4. The van der Waals surface area contributed by atoms with Gasteiger partial charge in [0.25, 0.3) is 0 Å². The Kier molecular flexibility index (Phi) is 18.8. The minimum absolute atomic E-state index is 0.386. The zero-order valence-corrected chi connectivity index (χ0v) is 16.1. The van der Waals surface area contributed by atoms with Crippen molar-refractivity contribution in [3.63, 3.8) is 0 Å². The largest absolute Gasteiger partial charge is 0.350 e. The standard InChI is InChI=1S/C18H38O2.CHNO/c1-6-10-11-12-13-14-16-17(15-7-2)18(5,19-8-3)20-9-4;2-1-3/h17H,6-16H2,1-5H3;2H. The smallest absolute Gasteiger partial charge is 0.231 e. The minimum atomic E-state index is -0.386. The van der Waals surface area contributed by atoms with Crippen LogP contribution in [-0.4, -0.2) is 25.1 Å². The summed E-state index contributed by atoms with van der Waals surface area (Å²) in [7, 11) is 0. The Morgan fingerprint density at radius 3 is 1.78 bits per heavy atom. The van der Waals surface area contributed by atoms with Crippen molar-refractivity contribution in [3.8, 4) is 0 Å². The molecular weight excluding hydrogens is 290 g/mol. The van der Waals surface area contributed by atoms with Gasteiger partial charge in [-0.2, -0.15) is 0 Å². The molecule has 0 aromatic carbocycles. The van der Waals surface area contributed by atoms with E-state index in [1.165, 1.54) is 57.8 Å². The molecule has 0 fully saturated rings. The Morgan fingerprint density at radius 1 is 0.870 bits per heavy atom. The van der Waals surface area contributed by atoms with E-state index >= 15 is 0 Å². The van der Waals surface area contributed by atoms with E-state index in [0.29, 0.717) is 5.92 Å². The highest BCUT2D eigenvalue weighted by atomic mass is 16.7. The van der Waals surface area contributed by atoms with E-state index < -0.39 is 0 Å². The second-order valence-electron chi connectivity index (χ2n) is 6.03. The lowest BCUT2D eigenvalue weighted by Gasteiger charge is -2.37. The van der Waals surface area contributed by atoms with Crippen LogP contribution in [0.3, 0.4) is 0 Å². The van der Waals surface area contributed by atoms with Crippen LogP contribution in [0.2, 0.25) is 0 Å². The minimum Gasteiger partial charge on any atom is -0.350 e. The van der Waals surface area contributed by atoms with Crippen molar-refractivity contribution in [1.82, 2.24) is 0 Å². The molecule has 4 nitrogen and oxygen atoms in total. The molecule has 0 heterocycles. The molecule has 1 N–H and O–H groups in total. The monoisotopic (exact) mass is 329 g/mol. The van der Waals surface area contributed by atoms with Gasteiger partial charge in [0.2, 0.25) is 6.08 Å². The van der Waals surface area contributed by atoms with Crippen LogP contribution in [0.15, 0.2) is 0 Å². The van der Waals surface area contributed by atoms with Crippen LogP contribution in [0.4, 0.5) is 0 Å². The molecule has 0 rings (SSSR count). The van der Waals surface area contributed by atoms with Crippen molar-refractivity contribution in [2.75, 3.05) is 13.2 Å². The topological polar surface area (TPSA) is 59.4 Å². The molecule has 0 aliphatic heterocycles. The van der Waals surface area contributed by atoms with E-state index in [1.807, 2.05) is 0 Å². The SMILES string of the molecule is CCCCCCCCC(CCC)C(C)(OCC)OCC.N=C=O. The molecule has 0 saturated heterocycles. The van der Waals surface area contributed by atoms with E-state index in [4.69, 9.17) is 19.7 Å². The first kappa shape index (κ1) is 24.6. The summed E-state index contributed by atoms with van der Waals surface area (Å²) in [5, 5.41) is 5.40. The molecule has 0 saturated carbocycles. The molecule has 1 atom stereocenters. The third kappa shape index (κ3) is 13.4. The van der Waals surface area contributed by atoms with Gasteiger partial charge >= 0.3 is 0 Å². The molecule has 0 aliphatic rings. The number of carbonyl (C=O) groups excluding carboxylic acids is 1. The third-order valence-corrected chi connectivity index (χ3v) is 4.15. The molecule has 0 aromatic heterocycles. The van der Waals surface area contributed by atoms with Gasteiger partial charge in [-0.3, -0.25) is 0 Å². The zero-order valence-electron chi connectivity index (χ0n) is 16.1. The van der Waals surface area contributed by atoms with Gasteiger partial charge in [-0.15, -0.1) is 0 Å². The Balaban J connectivity index is 0. The Labute approximate surface area is 143 Å². The van der Waals surface area contributed by atoms with Crippen LogP contribution in [0, 0.1) is 11.3 Å². The Morgan fingerprint density at radius 2 is 1.35 bits per heavy atom. The average Bonchev–Trinajstić information content (AvgIpc) is 2.51. The fraction of sp³-hybridized carbons (Fsp3) is 0.947. The average molecular weight is 330 g/mol. The number of hydrogen-bond donors (Lipinski definition) is 1. The van der Waals surface area contributed by atoms with E-state index in [1.54, 1.807) is 0 Å². The van der Waals surface area contributed by atoms with Crippen LogP contribution < -0.4 is 0 Å². The number of isocyanates is 1. The van der Waals surface area contributed by atoms with Crippen LogP contribution >= 0.6 is 0 Å². The van der Waals surface area contributed by atoms with Gasteiger partial charge in [-0.1, -0.05) is 58.8 Å². The zero-order chi connectivity index (χ0) is 18.0. The summed E-state index contributed by atoms with van der Waals surface area (Å²) in [4.78, 5) is 8.35. The van der Waals surface area contributed by atoms with Crippen LogP contribution in [0.1, 0.15) is 92.4 Å². The summed E-state index contributed by atoms with van der Waals surface area (Å²) in [6.45, 7) is 12.2. The molecule has 0 spiro atoms. The maximum absolute atomic E-state index is 8.35. The molecule has 138 valence electrons. The first-order valence-electron chi connectivity index (χ1n) is 9.37. The maximum atomic E-state index is 8.35. The number of unbranched alkanes of at least 4 members (excludes halogenated alkanes) is 5. The maximum Gasteiger partial charge on any atom is 0.231 e. The summed E-state index contributed by atoms with van der Waals surface area (Å²) in [5.74, 6) is 0.140.